The number of carbonyl (C=O) groups is 2. The van der Waals surface area contributed by atoms with Gasteiger partial charge in [0.05, 0.1) is 31.6 Å². The van der Waals surface area contributed by atoms with Gasteiger partial charge in [0, 0.05) is 31.3 Å². The van der Waals surface area contributed by atoms with Crippen LogP contribution in [0.5, 0.6) is 17.2 Å². The lowest BCUT2D eigenvalue weighted by Crippen LogP contribution is -2.55. The summed E-state index contributed by atoms with van der Waals surface area (Å²) in [6.07, 6.45) is -0.120. The Labute approximate surface area is 214 Å². The molecule has 0 saturated heterocycles. The molecule has 3 N–H and O–H groups in total. The van der Waals surface area contributed by atoms with Crippen LogP contribution < -0.4 is 19.5 Å². The molecule has 0 spiro atoms. The number of amides is 2. The van der Waals surface area contributed by atoms with Crippen LogP contribution in [0.2, 0.25) is 0 Å². The lowest BCUT2D eigenvalue weighted by atomic mass is 9.77. The molecule has 2 aromatic carbocycles. The molecule has 0 fully saturated rings. The minimum absolute atomic E-state index is 0.0803. The van der Waals surface area contributed by atoms with Crippen LogP contribution in [0, 0.1) is 0 Å². The first-order valence-electron chi connectivity index (χ1n) is 12.2. The smallest absolute Gasteiger partial charge is 0.247 e. The molecule has 10 nitrogen and oxygen atoms in total. The first-order chi connectivity index (χ1) is 18.0. The Morgan fingerprint density at radius 2 is 1.95 bits per heavy atom. The first-order valence-corrected chi connectivity index (χ1v) is 12.2. The third-order valence-electron chi connectivity index (χ3n) is 6.87. The molecule has 1 aliphatic carbocycles. The quantitative estimate of drug-likeness (QED) is 0.458. The Hall–Kier alpha value is -3.60. The van der Waals surface area contributed by atoms with Crippen molar-refractivity contribution in [3.05, 3.63) is 65.2 Å². The van der Waals surface area contributed by atoms with E-state index < -0.39 is 24.2 Å². The van der Waals surface area contributed by atoms with E-state index in [1.165, 1.54) is 7.11 Å². The highest BCUT2D eigenvalue weighted by atomic mass is 16.7. The molecule has 5 rings (SSSR count). The summed E-state index contributed by atoms with van der Waals surface area (Å²) >= 11 is 0. The van der Waals surface area contributed by atoms with E-state index in [1.807, 2.05) is 24.3 Å². The van der Waals surface area contributed by atoms with Crippen molar-refractivity contribution in [1.29, 1.82) is 0 Å². The zero-order valence-corrected chi connectivity index (χ0v) is 20.5. The molecule has 3 aliphatic rings. The fraction of sp³-hybridized carbons (Fsp3) is 0.407. The molecule has 4 atom stereocenters. The molecule has 37 heavy (non-hydrogen) atoms. The van der Waals surface area contributed by atoms with Gasteiger partial charge in [-0.05, 0) is 29.8 Å². The van der Waals surface area contributed by atoms with Gasteiger partial charge < -0.3 is 39.4 Å². The zero-order valence-electron chi connectivity index (χ0n) is 20.5. The third-order valence-corrected chi connectivity index (χ3v) is 6.87. The maximum Gasteiger partial charge on any atom is 0.247 e. The highest BCUT2D eigenvalue weighted by Gasteiger charge is 2.50. The molecule has 0 unspecified atom stereocenters. The molecule has 0 aromatic heterocycles. The van der Waals surface area contributed by atoms with E-state index in [0.29, 0.717) is 22.8 Å². The molecular weight excluding hydrogens is 480 g/mol. The van der Waals surface area contributed by atoms with Crippen molar-refractivity contribution in [3.63, 3.8) is 0 Å². The van der Waals surface area contributed by atoms with E-state index in [9.17, 15) is 19.8 Å². The monoisotopic (exact) mass is 510 g/mol. The van der Waals surface area contributed by atoms with Crippen LogP contribution in [0.25, 0.3) is 0 Å². The number of para-hydroxylation sites is 1. The van der Waals surface area contributed by atoms with Gasteiger partial charge in [0.1, 0.15) is 18.0 Å². The summed E-state index contributed by atoms with van der Waals surface area (Å²) in [6, 6.07) is 11.9. The first kappa shape index (κ1) is 25.1. The predicted molar refractivity (Wildman–Crippen MR) is 131 cm³/mol. The van der Waals surface area contributed by atoms with Gasteiger partial charge in [-0.2, -0.15) is 0 Å². The number of rotatable bonds is 9. The van der Waals surface area contributed by atoms with E-state index in [1.54, 1.807) is 29.2 Å². The van der Waals surface area contributed by atoms with Gasteiger partial charge in [-0.25, -0.2) is 0 Å². The summed E-state index contributed by atoms with van der Waals surface area (Å²) in [7, 11) is 1.52. The molecule has 0 saturated carbocycles. The van der Waals surface area contributed by atoms with Gasteiger partial charge in [0.15, 0.2) is 11.5 Å². The summed E-state index contributed by atoms with van der Waals surface area (Å²) in [4.78, 5) is 28.2. The Morgan fingerprint density at radius 3 is 2.76 bits per heavy atom. The maximum absolute atomic E-state index is 13.4. The van der Waals surface area contributed by atoms with E-state index in [-0.39, 0.29) is 51.3 Å². The average molecular weight is 511 g/mol. The lowest BCUT2D eigenvalue weighted by molar-refractivity contribution is -0.139. The van der Waals surface area contributed by atoms with Gasteiger partial charge in [-0.1, -0.05) is 24.3 Å². The van der Waals surface area contributed by atoms with Crippen molar-refractivity contribution in [1.82, 2.24) is 10.2 Å². The lowest BCUT2D eigenvalue weighted by Gasteiger charge is -2.40. The van der Waals surface area contributed by atoms with Crippen LogP contribution in [0.3, 0.4) is 0 Å². The summed E-state index contributed by atoms with van der Waals surface area (Å²) in [6.45, 7) is 0.371. The zero-order chi connectivity index (χ0) is 25.9. The molecule has 2 amide bonds. The van der Waals surface area contributed by atoms with Crippen LogP contribution in [0.4, 0.5) is 0 Å². The van der Waals surface area contributed by atoms with Crippen LogP contribution >= 0.6 is 0 Å². The van der Waals surface area contributed by atoms with Crippen molar-refractivity contribution in [2.75, 3.05) is 33.7 Å². The summed E-state index contributed by atoms with van der Waals surface area (Å²) in [5.41, 5.74) is 1.96. The topological polar surface area (TPSA) is 127 Å². The second kappa shape index (κ2) is 10.8. The van der Waals surface area contributed by atoms with E-state index in [4.69, 9.17) is 18.9 Å². The fourth-order valence-corrected chi connectivity index (χ4v) is 5.12. The van der Waals surface area contributed by atoms with Crippen molar-refractivity contribution in [2.45, 2.75) is 37.1 Å². The van der Waals surface area contributed by atoms with Crippen LogP contribution in [-0.4, -0.2) is 78.8 Å². The number of benzene rings is 2. The Bertz CT molecular complexity index is 1200. The van der Waals surface area contributed by atoms with E-state index in [0.717, 1.165) is 11.1 Å². The van der Waals surface area contributed by atoms with Crippen LogP contribution in [0.15, 0.2) is 54.1 Å². The summed E-state index contributed by atoms with van der Waals surface area (Å²) in [5, 5.41) is 23.5. The second-order valence-electron chi connectivity index (χ2n) is 9.13. The van der Waals surface area contributed by atoms with Crippen LogP contribution in [-0.2, 0) is 20.9 Å². The fourth-order valence-electron chi connectivity index (χ4n) is 5.12. The van der Waals surface area contributed by atoms with Crippen molar-refractivity contribution >= 4 is 11.8 Å². The minimum Gasteiger partial charge on any atom is -0.486 e. The number of ether oxygens (including phenoxy) is 4. The summed E-state index contributed by atoms with van der Waals surface area (Å²) < 4.78 is 22.2. The molecule has 0 radical (unpaired) electrons. The Morgan fingerprint density at radius 1 is 1.14 bits per heavy atom. The largest absolute Gasteiger partial charge is 0.486 e. The molecule has 2 heterocycles. The number of nitrogens with zero attached hydrogens (tertiary/aromatic N) is 1. The van der Waals surface area contributed by atoms with Crippen molar-refractivity contribution in [3.8, 4) is 17.2 Å². The molecule has 0 bridgehead atoms. The number of aliphatic hydroxyl groups is 2. The second-order valence-corrected chi connectivity index (χ2v) is 9.13. The summed E-state index contributed by atoms with van der Waals surface area (Å²) in [5.74, 6) is 0.660. The van der Waals surface area contributed by atoms with Gasteiger partial charge in [-0.3, -0.25) is 9.59 Å². The standard InChI is InChI=1S/C27H30N2O8/c1-34-11-8-23(31)29(14-16-6-7-21-22(12-16)36-15-35-21)19-13-18(27(33)28-9-10-30)24-17-4-2-3-5-20(17)37-26(24)25(19)32/h2-7,12-13,19,24-26,30,32H,8-11,14-15H2,1H3,(H,28,33)/t19-,24+,25+,26+/m1/s1. The van der Waals surface area contributed by atoms with Gasteiger partial charge in [0.25, 0.3) is 0 Å². The number of nitrogens with one attached hydrogen (secondary N) is 1. The van der Waals surface area contributed by atoms with Crippen molar-refractivity contribution < 1.29 is 38.7 Å². The molecular formula is C27H30N2O8. The van der Waals surface area contributed by atoms with Crippen molar-refractivity contribution in [2.24, 2.45) is 0 Å². The number of hydrogen-bond acceptors (Lipinski definition) is 8. The Balaban J connectivity index is 1.52. The number of carbonyl (C=O) groups excluding carboxylic acids is 2. The highest BCUT2D eigenvalue weighted by Crippen LogP contribution is 2.47. The van der Waals surface area contributed by atoms with E-state index >= 15 is 0 Å². The molecule has 196 valence electrons. The highest BCUT2D eigenvalue weighted by molar-refractivity contribution is 5.96. The molecule has 2 aromatic rings. The molecule has 10 heteroatoms. The normalized spacial score (nSPS) is 22.9. The number of aliphatic hydroxyl groups excluding tert-OH is 2. The number of fused-ring (bicyclic) bond motifs is 4. The van der Waals surface area contributed by atoms with Gasteiger partial charge in [-0.15, -0.1) is 0 Å². The third kappa shape index (κ3) is 4.87. The Kier molecular flexibility index (Phi) is 7.31. The predicted octanol–water partition coefficient (Wildman–Crippen LogP) is 1.10. The minimum atomic E-state index is -1.10. The van der Waals surface area contributed by atoms with Gasteiger partial charge >= 0.3 is 0 Å². The maximum atomic E-state index is 13.4. The van der Waals surface area contributed by atoms with E-state index in [2.05, 4.69) is 5.32 Å². The van der Waals surface area contributed by atoms with Crippen LogP contribution in [0.1, 0.15) is 23.5 Å². The number of methoxy groups -OCH3 is 1. The molecule has 2 aliphatic heterocycles. The average Bonchev–Trinajstić information content (AvgIpc) is 3.54. The SMILES string of the molecule is COCCC(=O)N(Cc1ccc2c(c1)OCO2)[C@@H]1C=C(C(=O)NCCO)[C@@H]2c3ccccc3O[C@@H]2[C@H]1O. The number of hydrogen-bond donors (Lipinski definition) is 3. The van der Waals surface area contributed by atoms with Gasteiger partial charge in [0.2, 0.25) is 18.6 Å².